The van der Waals surface area contributed by atoms with E-state index < -0.39 is 36.0 Å². The average molecular weight is 521 g/mol. The van der Waals surface area contributed by atoms with Gasteiger partial charge in [-0.05, 0) is 58.0 Å². The molecule has 0 radical (unpaired) electrons. The number of benzene rings is 2. The number of carbonyl (C=O) groups is 1. The van der Waals surface area contributed by atoms with E-state index in [2.05, 4.69) is 22.6 Å². The van der Waals surface area contributed by atoms with E-state index in [0.717, 1.165) is 15.7 Å². The van der Waals surface area contributed by atoms with Crippen molar-refractivity contribution in [2.75, 3.05) is 0 Å². The Morgan fingerprint density at radius 2 is 1.29 bits per heavy atom. The van der Waals surface area contributed by atoms with Crippen LogP contribution in [0.1, 0.15) is 28.8 Å². The van der Waals surface area contributed by atoms with Crippen molar-refractivity contribution in [2.45, 2.75) is 24.5 Å². The first-order chi connectivity index (χ1) is 12.7. The van der Waals surface area contributed by atoms with Crippen molar-refractivity contribution in [3.05, 3.63) is 68.8 Å². The summed E-state index contributed by atoms with van der Waals surface area (Å²) >= 11 is 2.14. The number of alkyl halides is 6. The minimum atomic E-state index is -5.08. The van der Waals surface area contributed by atoms with Gasteiger partial charge in [-0.15, -0.1) is 0 Å². The van der Waals surface area contributed by atoms with Crippen molar-refractivity contribution >= 4 is 28.6 Å². The van der Waals surface area contributed by atoms with Crippen LogP contribution in [0.2, 0.25) is 0 Å². The van der Waals surface area contributed by atoms with Crippen molar-refractivity contribution in [3.8, 4) is 0 Å². The van der Waals surface area contributed by atoms with Crippen LogP contribution >= 0.6 is 22.6 Å². The van der Waals surface area contributed by atoms with Crippen LogP contribution in [-0.2, 0) is 11.0 Å². The van der Waals surface area contributed by atoms with Crippen molar-refractivity contribution in [2.24, 2.45) is 5.73 Å². The Morgan fingerprint density at radius 3 is 1.64 bits per heavy atom. The Bertz CT molecular complexity index is 775. The third kappa shape index (κ3) is 7.28. The summed E-state index contributed by atoms with van der Waals surface area (Å²) in [5.41, 5.74) is 6.28. The summed E-state index contributed by atoms with van der Waals surface area (Å²) in [6.07, 6.45) is -10.4. The van der Waals surface area contributed by atoms with Crippen molar-refractivity contribution in [3.63, 3.8) is 0 Å². The summed E-state index contributed by atoms with van der Waals surface area (Å²) in [7, 11) is 0. The van der Waals surface area contributed by atoms with Crippen molar-refractivity contribution in [1.82, 2.24) is 0 Å². The first-order valence-corrected chi connectivity index (χ1v) is 8.47. The summed E-state index contributed by atoms with van der Waals surface area (Å²) in [6.45, 7) is 0. The van der Waals surface area contributed by atoms with Crippen LogP contribution in [0.3, 0.4) is 0 Å². The Balaban J connectivity index is 0.000000480. The number of halogens is 7. The number of aliphatic carboxylic acids is 1. The first-order valence-electron chi connectivity index (χ1n) is 7.40. The van der Waals surface area contributed by atoms with E-state index in [0.29, 0.717) is 11.1 Å². The minimum absolute atomic E-state index is 0.453. The van der Waals surface area contributed by atoms with Gasteiger partial charge in [-0.1, -0.05) is 24.3 Å². The Morgan fingerprint density at radius 1 is 0.893 bits per heavy atom. The number of aliphatic hydroxyl groups is 1. The lowest BCUT2D eigenvalue weighted by Crippen LogP contribution is -2.21. The van der Waals surface area contributed by atoms with Crippen LogP contribution < -0.4 is 5.73 Å². The highest BCUT2D eigenvalue weighted by molar-refractivity contribution is 14.1. The summed E-state index contributed by atoms with van der Waals surface area (Å²) in [5.74, 6) is -2.76. The van der Waals surface area contributed by atoms with Crippen LogP contribution in [-0.4, -0.2) is 22.4 Å². The fourth-order valence-corrected chi connectivity index (χ4v) is 2.30. The van der Waals surface area contributed by atoms with Gasteiger partial charge in [0.2, 0.25) is 0 Å². The number of carboxylic acids is 1. The number of carboxylic acid groups (broad SMARTS) is 1. The van der Waals surface area contributed by atoms with Crippen LogP contribution in [0.4, 0.5) is 26.3 Å². The van der Waals surface area contributed by atoms with E-state index in [4.69, 9.17) is 15.6 Å². The number of rotatable bonds is 3. The van der Waals surface area contributed by atoms with Crippen LogP contribution in [0, 0.1) is 3.57 Å². The molecule has 4 nitrogen and oxygen atoms in total. The highest BCUT2D eigenvalue weighted by Gasteiger charge is 2.38. The zero-order valence-corrected chi connectivity index (χ0v) is 16.0. The predicted molar refractivity (Wildman–Crippen MR) is 96.2 cm³/mol. The number of hydrogen-bond donors (Lipinski definition) is 3. The molecule has 4 N–H and O–H groups in total. The maximum absolute atomic E-state index is 12.5. The van der Waals surface area contributed by atoms with E-state index in [1.807, 2.05) is 12.1 Å². The second kappa shape index (κ2) is 9.56. The monoisotopic (exact) mass is 521 g/mol. The van der Waals surface area contributed by atoms with Gasteiger partial charge in [0.15, 0.2) is 0 Å². The first kappa shape index (κ1) is 24.2. The van der Waals surface area contributed by atoms with Gasteiger partial charge in [-0.2, -0.15) is 26.3 Å². The van der Waals surface area contributed by atoms with Gasteiger partial charge in [0, 0.05) is 3.57 Å². The lowest BCUT2D eigenvalue weighted by Gasteiger charge is -2.20. The summed E-state index contributed by atoms with van der Waals surface area (Å²) in [4.78, 5) is 8.90. The second-order valence-electron chi connectivity index (χ2n) is 5.44. The number of hydrogen-bond acceptors (Lipinski definition) is 3. The lowest BCUT2D eigenvalue weighted by atomic mass is 9.96. The van der Waals surface area contributed by atoms with E-state index in [1.54, 1.807) is 12.1 Å². The van der Waals surface area contributed by atoms with Crippen molar-refractivity contribution < 1.29 is 41.4 Å². The van der Waals surface area contributed by atoms with Crippen LogP contribution in [0.15, 0.2) is 48.5 Å². The topological polar surface area (TPSA) is 83.5 Å². The maximum Gasteiger partial charge on any atom is 0.490 e. The fourth-order valence-electron chi connectivity index (χ4n) is 1.94. The molecule has 0 heterocycles. The van der Waals surface area contributed by atoms with E-state index >= 15 is 0 Å². The molecule has 0 amide bonds. The summed E-state index contributed by atoms with van der Waals surface area (Å²) < 4.78 is 70.3. The fraction of sp³-hybridized carbons (Fsp3) is 0.235. The second-order valence-corrected chi connectivity index (χ2v) is 6.69. The molecular formula is C17H14F6INO3. The largest absolute Gasteiger partial charge is 0.490 e. The van der Waals surface area contributed by atoms with Gasteiger partial charge < -0.3 is 15.9 Å². The molecule has 0 fully saturated rings. The van der Waals surface area contributed by atoms with Gasteiger partial charge >= 0.3 is 18.3 Å². The average Bonchev–Trinajstić information content (AvgIpc) is 2.60. The van der Waals surface area contributed by atoms with Crippen LogP contribution in [0.25, 0.3) is 0 Å². The normalized spacial score (nSPS) is 13.9. The molecule has 0 aliphatic rings. The third-order valence-electron chi connectivity index (χ3n) is 3.42. The number of aliphatic hydroxyl groups excluding tert-OH is 1. The smallest absolute Gasteiger partial charge is 0.475 e. The van der Waals surface area contributed by atoms with Crippen LogP contribution in [0.5, 0.6) is 0 Å². The Kier molecular flexibility index (Phi) is 8.26. The molecule has 0 spiro atoms. The summed E-state index contributed by atoms with van der Waals surface area (Å²) in [6, 6.07) is 10.9. The molecule has 28 heavy (non-hydrogen) atoms. The predicted octanol–water partition coefficient (Wildman–Crippen LogP) is 4.68. The maximum atomic E-state index is 12.5. The number of nitrogens with two attached hydrogens (primary N) is 1. The van der Waals surface area contributed by atoms with Gasteiger partial charge in [0.25, 0.3) is 0 Å². The standard InChI is InChI=1S/C15H13F3INO.C2HF3O2/c16-15(17,18)11-5-1-9(2-6-11)13(20)14(21)10-3-7-12(19)8-4-10;3-2(4,5)1(6)7/h1-8,13-14,21H,20H2;(H,6,7). The molecule has 0 saturated heterocycles. The molecule has 0 aromatic heterocycles. The SMILES string of the molecule is NC(c1ccc(C(F)(F)F)cc1)C(O)c1ccc(I)cc1.O=C(O)C(F)(F)F. The molecule has 2 aromatic carbocycles. The zero-order chi connectivity index (χ0) is 21.7. The minimum Gasteiger partial charge on any atom is -0.475 e. The molecule has 2 aromatic rings. The van der Waals surface area contributed by atoms with E-state index in [-0.39, 0.29) is 0 Å². The molecule has 2 atom stereocenters. The van der Waals surface area contributed by atoms with Crippen molar-refractivity contribution in [1.29, 1.82) is 0 Å². The quantitative estimate of drug-likeness (QED) is 0.405. The molecule has 11 heteroatoms. The third-order valence-corrected chi connectivity index (χ3v) is 4.14. The molecule has 2 rings (SSSR count). The Labute approximate surface area is 169 Å². The Hall–Kier alpha value is -1.86. The molecule has 154 valence electrons. The molecule has 0 bridgehead atoms. The van der Waals surface area contributed by atoms with Gasteiger partial charge in [-0.3, -0.25) is 0 Å². The van der Waals surface area contributed by atoms with E-state index in [1.165, 1.54) is 12.1 Å². The molecule has 0 aliphatic heterocycles. The highest BCUT2D eigenvalue weighted by Crippen LogP contribution is 2.32. The summed E-state index contributed by atoms with van der Waals surface area (Å²) in [5, 5.41) is 17.3. The molecule has 0 aliphatic carbocycles. The molecule has 0 saturated carbocycles. The highest BCUT2D eigenvalue weighted by atomic mass is 127. The van der Waals surface area contributed by atoms with Gasteiger partial charge in [-0.25, -0.2) is 4.79 Å². The van der Waals surface area contributed by atoms with E-state index in [9.17, 15) is 31.4 Å². The molecular weight excluding hydrogens is 507 g/mol. The van der Waals surface area contributed by atoms with Gasteiger partial charge in [0.05, 0.1) is 17.7 Å². The van der Waals surface area contributed by atoms with Gasteiger partial charge in [0.1, 0.15) is 0 Å². The molecule has 2 unspecified atom stereocenters. The zero-order valence-electron chi connectivity index (χ0n) is 13.8. The lowest BCUT2D eigenvalue weighted by molar-refractivity contribution is -0.192.